The Morgan fingerprint density at radius 1 is 1.30 bits per heavy atom. The third-order valence-corrected chi connectivity index (χ3v) is 4.73. The fourth-order valence-electron chi connectivity index (χ4n) is 3.70. The molecule has 0 amide bonds. The molecule has 0 bridgehead atoms. The van der Waals surface area contributed by atoms with Crippen LogP contribution in [-0.2, 0) is 33.3 Å². The van der Waals surface area contributed by atoms with E-state index in [4.69, 9.17) is 18.9 Å². The van der Waals surface area contributed by atoms with Crippen LogP contribution in [0.1, 0.15) is 32.3 Å². The molecule has 7 heteroatoms. The SMILES string of the molecule is C=CC(c1ccccc1)[C@@]1(OC(C)=O)C(=O)C(=O)O[C@@H]1[C@@H]1COC(C)(C)O1. The van der Waals surface area contributed by atoms with Gasteiger partial charge >= 0.3 is 11.9 Å². The molecule has 2 heterocycles. The first-order valence-corrected chi connectivity index (χ1v) is 8.65. The van der Waals surface area contributed by atoms with Crippen molar-refractivity contribution in [2.45, 2.75) is 50.3 Å². The van der Waals surface area contributed by atoms with Crippen LogP contribution >= 0.6 is 0 Å². The van der Waals surface area contributed by atoms with Gasteiger partial charge in [-0.2, -0.15) is 0 Å². The lowest BCUT2D eigenvalue weighted by atomic mass is 9.75. The lowest BCUT2D eigenvalue weighted by molar-refractivity contribution is -0.190. The van der Waals surface area contributed by atoms with Crippen LogP contribution in [0.3, 0.4) is 0 Å². The number of rotatable bonds is 5. The van der Waals surface area contributed by atoms with E-state index >= 15 is 0 Å². The summed E-state index contributed by atoms with van der Waals surface area (Å²) in [5, 5.41) is 0. The Balaban J connectivity index is 2.13. The highest BCUT2D eigenvalue weighted by atomic mass is 16.8. The normalized spacial score (nSPS) is 30.6. The molecule has 0 saturated carbocycles. The Morgan fingerprint density at radius 2 is 1.96 bits per heavy atom. The minimum absolute atomic E-state index is 0.0832. The van der Waals surface area contributed by atoms with E-state index in [0.29, 0.717) is 5.56 Å². The van der Waals surface area contributed by atoms with Gasteiger partial charge in [-0.3, -0.25) is 9.59 Å². The van der Waals surface area contributed by atoms with E-state index in [1.54, 1.807) is 38.1 Å². The van der Waals surface area contributed by atoms with Gasteiger partial charge in [-0.1, -0.05) is 36.4 Å². The Bertz CT molecular complexity index is 770. The van der Waals surface area contributed by atoms with Gasteiger partial charge in [-0.25, -0.2) is 4.79 Å². The van der Waals surface area contributed by atoms with Gasteiger partial charge in [-0.15, -0.1) is 6.58 Å². The van der Waals surface area contributed by atoms with E-state index in [2.05, 4.69) is 6.58 Å². The summed E-state index contributed by atoms with van der Waals surface area (Å²) in [4.78, 5) is 37.2. The summed E-state index contributed by atoms with van der Waals surface area (Å²) in [7, 11) is 0. The number of ether oxygens (including phenoxy) is 4. The molecular formula is C20H22O7. The number of esters is 2. The maximum Gasteiger partial charge on any atom is 0.379 e. The zero-order chi connectivity index (χ0) is 19.8. The van der Waals surface area contributed by atoms with Crippen molar-refractivity contribution < 1.29 is 33.3 Å². The predicted octanol–water partition coefficient (Wildman–Crippen LogP) is 1.90. The smallest absolute Gasteiger partial charge is 0.379 e. The molecule has 1 aromatic carbocycles. The fraction of sp³-hybridized carbons (Fsp3) is 0.450. The van der Waals surface area contributed by atoms with Gasteiger partial charge in [0.2, 0.25) is 5.60 Å². The quantitative estimate of drug-likeness (QED) is 0.442. The molecule has 2 aliphatic rings. The summed E-state index contributed by atoms with van der Waals surface area (Å²) < 4.78 is 22.3. The molecule has 1 unspecified atom stereocenters. The molecule has 0 radical (unpaired) electrons. The highest BCUT2D eigenvalue weighted by Crippen LogP contribution is 2.45. The van der Waals surface area contributed by atoms with Crippen LogP contribution in [0.4, 0.5) is 0 Å². The zero-order valence-corrected chi connectivity index (χ0v) is 15.5. The average molecular weight is 374 g/mol. The number of hydrogen-bond donors (Lipinski definition) is 0. The molecule has 144 valence electrons. The van der Waals surface area contributed by atoms with Crippen LogP contribution in [-0.4, -0.2) is 47.9 Å². The van der Waals surface area contributed by atoms with Gasteiger partial charge in [0.25, 0.3) is 5.78 Å². The summed E-state index contributed by atoms with van der Waals surface area (Å²) in [5.74, 6) is -4.45. The van der Waals surface area contributed by atoms with Crippen LogP contribution in [0, 0.1) is 0 Å². The van der Waals surface area contributed by atoms with Gasteiger partial charge in [0, 0.05) is 6.92 Å². The molecule has 0 N–H and O–H groups in total. The van der Waals surface area contributed by atoms with E-state index in [0.717, 1.165) is 0 Å². The molecule has 2 aliphatic heterocycles. The first-order chi connectivity index (χ1) is 12.7. The molecule has 0 spiro atoms. The third kappa shape index (κ3) is 3.28. The maximum absolute atomic E-state index is 13.0. The van der Waals surface area contributed by atoms with Crippen molar-refractivity contribution in [2.75, 3.05) is 6.61 Å². The summed E-state index contributed by atoms with van der Waals surface area (Å²) >= 11 is 0. The Kier molecular flexibility index (Phi) is 4.92. The second kappa shape index (κ2) is 6.90. The number of benzene rings is 1. The summed E-state index contributed by atoms with van der Waals surface area (Å²) in [5.41, 5.74) is -1.26. The maximum atomic E-state index is 13.0. The molecule has 4 atom stereocenters. The molecule has 7 nitrogen and oxygen atoms in total. The predicted molar refractivity (Wildman–Crippen MR) is 93.7 cm³/mol. The average Bonchev–Trinajstić information content (AvgIpc) is 3.08. The van der Waals surface area contributed by atoms with Crippen molar-refractivity contribution in [1.29, 1.82) is 0 Å². The standard InChI is InChI=1S/C20H22O7/c1-5-14(13-9-7-6-8-10-13)20(26-12(2)21)16(22)18(23)25-17(20)15-11-24-19(3,4)27-15/h5-10,14-15,17H,1,11H2,2-4H3/t14?,15-,17+,20+/m0/s1. The van der Waals surface area contributed by atoms with Crippen LogP contribution in [0.15, 0.2) is 43.0 Å². The summed E-state index contributed by atoms with van der Waals surface area (Å²) in [6.07, 6.45) is -0.459. The molecular weight excluding hydrogens is 352 g/mol. The number of carbonyl (C=O) groups is 3. The van der Waals surface area contributed by atoms with Gasteiger partial charge < -0.3 is 18.9 Å². The van der Waals surface area contributed by atoms with Gasteiger partial charge in [0.1, 0.15) is 6.10 Å². The lowest BCUT2D eigenvalue weighted by Gasteiger charge is -2.38. The monoisotopic (exact) mass is 374 g/mol. The van der Waals surface area contributed by atoms with E-state index in [1.807, 2.05) is 6.07 Å². The molecule has 2 fully saturated rings. The van der Waals surface area contributed by atoms with Crippen molar-refractivity contribution in [3.63, 3.8) is 0 Å². The minimum atomic E-state index is -1.92. The molecule has 0 aliphatic carbocycles. The van der Waals surface area contributed by atoms with Crippen LogP contribution in [0.25, 0.3) is 0 Å². The van der Waals surface area contributed by atoms with Crippen LogP contribution in [0.5, 0.6) is 0 Å². The Labute approximate surface area is 157 Å². The largest absolute Gasteiger partial charge is 0.449 e. The molecule has 3 rings (SSSR count). The highest BCUT2D eigenvalue weighted by Gasteiger charge is 2.67. The van der Waals surface area contributed by atoms with Crippen LogP contribution in [0.2, 0.25) is 0 Å². The van der Waals surface area contributed by atoms with Crippen molar-refractivity contribution in [2.24, 2.45) is 0 Å². The number of cyclic esters (lactones) is 1. The van der Waals surface area contributed by atoms with Crippen molar-refractivity contribution in [3.05, 3.63) is 48.6 Å². The summed E-state index contributed by atoms with van der Waals surface area (Å²) in [6.45, 7) is 8.48. The van der Waals surface area contributed by atoms with E-state index in [-0.39, 0.29) is 6.61 Å². The molecule has 2 saturated heterocycles. The summed E-state index contributed by atoms with van der Waals surface area (Å²) in [6, 6.07) is 8.90. The Hall–Kier alpha value is -2.51. The zero-order valence-electron chi connectivity index (χ0n) is 15.5. The second-order valence-corrected chi connectivity index (χ2v) is 7.03. The van der Waals surface area contributed by atoms with Crippen molar-refractivity contribution in [1.82, 2.24) is 0 Å². The van der Waals surface area contributed by atoms with Gasteiger partial charge in [-0.05, 0) is 19.4 Å². The molecule has 1 aromatic rings. The number of Topliss-reactive ketones (excluding diaryl/α,β-unsaturated/α-hetero) is 1. The third-order valence-electron chi connectivity index (χ3n) is 4.73. The van der Waals surface area contributed by atoms with Crippen molar-refractivity contribution in [3.8, 4) is 0 Å². The van der Waals surface area contributed by atoms with E-state index in [1.165, 1.54) is 13.0 Å². The van der Waals surface area contributed by atoms with Gasteiger partial charge in [0.15, 0.2) is 11.9 Å². The van der Waals surface area contributed by atoms with E-state index < -0.39 is 47.2 Å². The van der Waals surface area contributed by atoms with Crippen molar-refractivity contribution >= 4 is 17.7 Å². The molecule has 0 aromatic heterocycles. The fourth-order valence-corrected chi connectivity index (χ4v) is 3.70. The topological polar surface area (TPSA) is 88.1 Å². The lowest BCUT2D eigenvalue weighted by Crippen LogP contribution is -2.57. The highest BCUT2D eigenvalue weighted by molar-refractivity contribution is 6.39. The number of hydrogen-bond acceptors (Lipinski definition) is 7. The Morgan fingerprint density at radius 3 is 2.48 bits per heavy atom. The molecule has 27 heavy (non-hydrogen) atoms. The first-order valence-electron chi connectivity index (χ1n) is 8.65. The van der Waals surface area contributed by atoms with Crippen LogP contribution < -0.4 is 0 Å². The van der Waals surface area contributed by atoms with E-state index in [9.17, 15) is 14.4 Å². The van der Waals surface area contributed by atoms with Gasteiger partial charge in [0.05, 0.1) is 12.5 Å². The first kappa shape index (κ1) is 19.3. The number of carbonyl (C=O) groups excluding carboxylic acids is 3. The second-order valence-electron chi connectivity index (χ2n) is 7.03. The minimum Gasteiger partial charge on any atom is -0.449 e. The number of ketones is 1.